The summed E-state index contributed by atoms with van der Waals surface area (Å²) >= 11 is 12.5. The number of nitrogens with zero attached hydrogens (tertiary/aromatic N) is 2. The first-order valence-corrected chi connectivity index (χ1v) is 10.7. The maximum absolute atomic E-state index is 13.0. The van der Waals surface area contributed by atoms with Crippen molar-refractivity contribution in [2.45, 2.75) is 25.3 Å². The van der Waals surface area contributed by atoms with Crippen LogP contribution in [0.2, 0.25) is 10.0 Å². The number of hydrogen-bond acceptors (Lipinski definition) is 3. The van der Waals surface area contributed by atoms with E-state index in [-0.39, 0.29) is 0 Å². The van der Waals surface area contributed by atoms with Crippen LogP contribution in [-0.4, -0.2) is 43.8 Å². The van der Waals surface area contributed by atoms with Gasteiger partial charge in [-0.1, -0.05) is 47.0 Å². The highest BCUT2D eigenvalue weighted by molar-refractivity contribution is 7.89. The highest BCUT2D eigenvalue weighted by Crippen LogP contribution is 2.27. The van der Waals surface area contributed by atoms with Crippen molar-refractivity contribution in [1.82, 2.24) is 9.21 Å². The molecule has 1 aliphatic heterocycles. The molecule has 2 aromatic carbocycles. The summed E-state index contributed by atoms with van der Waals surface area (Å²) < 4.78 is 27.5. The van der Waals surface area contributed by atoms with Gasteiger partial charge in [-0.15, -0.1) is 0 Å². The molecule has 0 bridgehead atoms. The number of hydrogen-bond donors (Lipinski definition) is 0. The number of benzene rings is 2. The standard InChI is InChI=1S/C19H22Cl2N2O2S/c1-14-6-7-19(15(2)12-14)26(24,25)23-10-8-22(9-11-23)13-16-17(20)4-3-5-18(16)21/h3-7,12H,8-11,13H2,1-2H3. The monoisotopic (exact) mass is 412 g/mol. The number of rotatable bonds is 4. The summed E-state index contributed by atoms with van der Waals surface area (Å²) in [6.07, 6.45) is 0. The van der Waals surface area contributed by atoms with E-state index in [1.165, 1.54) is 0 Å². The molecule has 1 saturated heterocycles. The van der Waals surface area contributed by atoms with Crippen LogP contribution in [-0.2, 0) is 16.6 Å². The molecule has 0 saturated carbocycles. The number of sulfonamides is 1. The minimum atomic E-state index is -3.47. The van der Waals surface area contributed by atoms with Crippen molar-refractivity contribution >= 4 is 33.2 Å². The van der Waals surface area contributed by atoms with E-state index >= 15 is 0 Å². The molecular weight excluding hydrogens is 391 g/mol. The van der Waals surface area contributed by atoms with E-state index < -0.39 is 10.0 Å². The Balaban J connectivity index is 1.70. The Labute approximate surface area is 165 Å². The molecule has 4 nitrogen and oxygen atoms in total. The van der Waals surface area contributed by atoms with Gasteiger partial charge < -0.3 is 0 Å². The van der Waals surface area contributed by atoms with Crippen molar-refractivity contribution in [2.75, 3.05) is 26.2 Å². The van der Waals surface area contributed by atoms with Crippen LogP contribution in [0.1, 0.15) is 16.7 Å². The zero-order chi connectivity index (χ0) is 18.9. The molecule has 0 radical (unpaired) electrons. The number of halogens is 2. The van der Waals surface area contributed by atoms with Crippen LogP contribution < -0.4 is 0 Å². The Kier molecular flexibility index (Phi) is 5.94. The van der Waals surface area contributed by atoms with Crippen LogP contribution in [0.4, 0.5) is 0 Å². The van der Waals surface area contributed by atoms with Gasteiger partial charge in [0.15, 0.2) is 0 Å². The fourth-order valence-corrected chi connectivity index (χ4v) is 5.41. The summed E-state index contributed by atoms with van der Waals surface area (Å²) in [6, 6.07) is 10.9. The van der Waals surface area contributed by atoms with Crippen molar-refractivity contribution in [3.05, 3.63) is 63.1 Å². The van der Waals surface area contributed by atoms with Crippen LogP contribution in [0.5, 0.6) is 0 Å². The molecule has 3 rings (SSSR count). The SMILES string of the molecule is Cc1ccc(S(=O)(=O)N2CCN(Cc3c(Cl)cccc3Cl)CC2)c(C)c1. The quantitative estimate of drug-likeness (QED) is 0.757. The molecule has 0 spiro atoms. The summed E-state index contributed by atoms with van der Waals surface area (Å²) in [4.78, 5) is 2.58. The Morgan fingerprint density at radius 2 is 1.58 bits per heavy atom. The molecule has 2 aromatic rings. The Hall–Kier alpha value is -1.11. The topological polar surface area (TPSA) is 40.6 Å². The third-order valence-corrected chi connectivity index (χ3v) is 7.49. The number of piperazine rings is 1. The second-order valence-corrected chi connectivity index (χ2v) is 9.37. The van der Waals surface area contributed by atoms with Gasteiger partial charge in [-0.25, -0.2) is 8.42 Å². The first-order chi connectivity index (χ1) is 12.3. The van der Waals surface area contributed by atoms with Crippen LogP contribution in [0.3, 0.4) is 0 Å². The fraction of sp³-hybridized carbons (Fsp3) is 0.368. The third kappa shape index (κ3) is 4.07. The molecule has 1 aliphatic rings. The van der Waals surface area contributed by atoms with Gasteiger partial charge >= 0.3 is 0 Å². The summed E-state index contributed by atoms with van der Waals surface area (Å²) in [5.74, 6) is 0. The van der Waals surface area contributed by atoms with E-state index in [1.54, 1.807) is 10.4 Å². The summed E-state index contributed by atoms with van der Waals surface area (Å²) in [7, 11) is -3.47. The predicted octanol–water partition coefficient (Wildman–Crippen LogP) is 4.12. The van der Waals surface area contributed by atoms with Gasteiger partial charge in [0.25, 0.3) is 0 Å². The van der Waals surface area contributed by atoms with E-state index in [0.29, 0.717) is 47.7 Å². The average molecular weight is 413 g/mol. The Morgan fingerprint density at radius 3 is 2.15 bits per heavy atom. The molecule has 0 atom stereocenters. The van der Waals surface area contributed by atoms with Gasteiger partial charge in [-0.05, 0) is 37.6 Å². The van der Waals surface area contributed by atoms with E-state index in [0.717, 1.165) is 16.7 Å². The summed E-state index contributed by atoms with van der Waals surface area (Å²) in [5, 5.41) is 1.28. The summed E-state index contributed by atoms with van der Waals surface area (Å²) in [6.45, 7) is 6.63. The molecule has 1 fully saturated rings. The van der Waals surface area contributed by atoms with Gasteiger partial charge in [0.05, 0.1) is 4.90 Å². The zero-order valence-electron chi connectivity index (χ0n) is 14.9. The lowest BCUT2D eigenvalue weighted by Crippen LogP contribution is -2.48. The van der Waals surface area contributed by atoms with Crippen molar-refractivity contribution in [3.8, 4) is 0 Å². The van der Waals surface area contributed by atoms with E-state index in [9.17, 15) is 8.42 Å². The van der Waals surface area contributed by atoms with Crippen molar-refractivity contribution in [1.29, 1.82) is 0 Å². The van der Waals surface area contributed by atoms with E-state index in [1.807, 2.05) is 44.2 Å². The first kappa shape index (κ1) is 19.6. The van der Waals surface area contributed by atoms with Gasteiger partial charge in [0, 0.05) is 48.3 Å². The molecule has 0 unspecified atom stereocenters. The second kappa shape index (κ2) is 7.87. The smallest absolute Gasteiger partial charge is 0.243 e. The first-order valence-electron chi connectivity index (χ1n) is 8.51. The van der Waals surface area contributed by atoms with E-state index in [4.69, 9.17) is 23.2 Å². The maximum atomic E-state index is 13.0. The largest absolute Gasteiger partial charge is 0.296 e. The van der Waals surface area contributed by atoms with Crippen molar-refractivity contribution in [3.63, 3.8) is 0 Å². The van der Waals surface area contributed by atoms with Crippen molar-refractivity contribution < 1.29 is 8.42 Å². The maximum Gasteiger partial charge on any atom is 0.243 e. The van der Waals surface area contributed by atoms with Crippen molar-refractivity contribution in [2.24, 2.45) is 0 Å². The molecule has 26 heavy (non-hydrogen) atoms. The lowest BCUT2D eigenvalue weighted by molar-refractivity contribution is 0.181. The highest BCUT2D eigenvalue weighted by atomic mass is 35.5. The van der Waals surface area contributed by atoms with Gasteiger partial charge in [-0.3, -0.25) is 4.90 Å². The lowest BCUT2D eigenvalue weighted by Gasteiger charge is -2.34. The van der Waals surface area contributed by atoms with Crippen LogP contribution in [0, 0.1) is 13.8 Å². The fourth-order valence-electron chi connectivity index (χ4n) is 3.26. The second-order valence-electron chi connectivity index (χ2n) is 6.65. The lowest BCUT2D eigenvalue weighted by atomic mass is 10.2. The van der Waals surface area contributed by atoms with Gasteiger partial charge in [-0.2, -0.15) is 4.31 Å². The molecule has 1 heterocycles. The minimum Gasteiger partial charge on any atom is -0.296 e. The van der Waals surface area contributed by atoms with Crippen LogP contribution in [0.25, 0.3) is 0 Å². The highest BCUT2D eigenvalue weighted by Gasteiger charge is 2.29. The molecule has 0 N–H and O–H groups in total. The average Bonchev–Trinajstić information content (AvgIpc) is 2.58. The predicted molar refractivity (Wildman–Crippen MR) is 106 cm³/mol. The minimum absolute atomic E-state index is 0.394. The zero-order valence-corrected chi connectivity index (χ0v) is 17.2. The molecule has 140 valence electrons. The normalized spacial score (nSPS) is 16.8. The molecule has 0 amide bonds. The van der Waals surface area contributed by atoms with Crippen LogP contribution >= 0.6 is 23.2 Å². The van der Waals surface area contributed by atoms with Crippen LogP contribution in [0.15, 0.2) is 41.3 Å². The Morgan fingerprint density at radius 1 is 0.962 bits per heavy atom. The third-order valence-electron chi connectivity index (χ3n) is 4.72. The molecule has 0 aromatic heterocycles. The molecule has 7 heteroatoms. The summed E-state index contributed by atoms with van der Waals surface area (Å²) in [5.41, 5.74) is 2.74. The number of aryl methyl sites for hydroxylation is 2. The molecular formula is C19H22Cl2N2O2S. The van der Waals surface area contributed by atoms with Gasteiger partial charge in [0.2, 0.25) is 10.0 Å². The van der Waals surface area contributed by atoms with Gasteiger partial charge in [0.1, 0.15) is 0 Å². The Bertz CT molecular complexity index is 888. The molecule has 0 aliphatic carbocycles. The van der Waals surface area contributed by atoms with E-state index in [2.05, 4.69) is 4.90 Å².